The molecule has 2 aromatic heterocycles. The highest BCUT2D eigenvalue weighted by molar-refractivity contribution is 7.17. The van der Waals surface area contributed by atoms with Crippen LogP contribution in [0.15, 0.2) is 69.6 Å². The highest BCUT2D eigenvalue weighted by Crippen LogP contribution is 2.28. The van der Waals surface area contributed by atoms with Crippen LogP contribution in [-0.4, -0.2) is 21.6 Å². The number of fused-ring (bicyclic) bond motifs is 2. The van der Waals surface area contributed by atoms with E-state index in [4.69, 9.17) is 11.6 Å². The molecule has 6 nitrogen and oxygen atoms in total. The summed E-state index contributed by atoms with van der Waals surface area (Å²) in [5.41, 5.74) is 1.93. The molecule has 3 heterocycles. The molecule has 0 aliphatic carbocycles. The smallest absolute Gasteiger partial charge is 0.310 e. The summed E-state index contributed by atoms with van der Waals surface area (Å²) in [6.45, 7) is 0.435. The molecule has 2 aromatic carbocycles. The first-order chi connectivity index (χ1) is 14.5. The van der Waals surface area contributed by atoms with Crippen LogP contribution in [0.2, 0.25) is 5.02 Å². The first kappa shape index (κ1) is 18.8. The van der Waals surface area contributed by atoms with E-state index in [0.29, 0.717) is 27.5 Å². The van der Waals surface area contributed by atoms with Gasteiger partial charge in [0.2, 0.25) is 5.91 Å². The van der Waals surface area contributed by atoms with E-state index >= 15 is 0 Å². The number of nitrogens with zero attached hydrogens (tertiary/aromatic N) is 3. The Kier molecular flexibility index (Phi) is 4.56. The summed E-state index contributed by atoms with van der Waals surface area (Å²) in [6, 6.07) is 16.0. The van der Waals surface area contributed by atoms with Crippen LogP contribution in [-0.2, 0) is 17.8 Å². The zero-order valence-electron chi connectivity index (χ0n) is 15.7. The van der Waals surface area contributed by atoms with Crippen molar-refractivity contribution in [3.8, 4) is 5.69 Å². The summed E-state index contributed by atoms with van der Waals surface area (Å²) in [6.07, 6.45) is 0.787. The summed E-state index contributed by atoms with van der Waals surface area (Å²) in [7, 11) is 0. The van der Waals surface area contributed by atoms with Crippen molar-refractivity contribution < 1.29 is 4.79 Å². The van der Waals surface area contributed by atoms with Gasteiger partial charge in [0.25, 0.3) is 5.56 Å². The zero-order chi connectivity index (χ0) is 20.8. The number of thiophene rings is 1. The third kappa shape index (κ3) is 2.98. The molecule has 1 aliphatic heterocycles. The average Bonchev–Trinajstić information content (AvgIpc) is 3.40. The van der Waals surface area contributed by atoms with E-state index in [9.17, 15) is 14.4 Å². The molecule has 0 radical (unpaired) electrons. The molecule has 0 unspecified atom stereocenters. The van der Waals surface area contributed by atoms with Gasteiger partial charge >= 0.3 is 5.69 Å². The molecule has 0 atom stereocenters. The number of benzene rings is 2. The molecule has 5 rings (SSSR count). The fourth-order valence-corrected chi connectivity index (χ4v) is 4.83. The number of anilines is 1. The maximum atomic E-state index is 13.3. The Balaban J connectivity index is 1.62. The van der Waals surface area contributed by atoms with E-state index in [1.165, 1.54) is 15.9 Å². The van der Waals surface area contributed by atoms with Crippen molar-refractivity contribution in [3.05, 3.63) is 91.4 Å². The molecule has 8 heteroatoms. The highest BCUT2D eigenvalue weighted by Gasteiger charge is 2.26. The van der Waals surface area contributed by atoms with Gasteiger partial charge in [0, 0.05) is 17.3 Å². The van der Waals surface area contributed by atoms with Crippen LogP contribution < -0.4 is 16.1 Å². The Labute approximate surface area is 180 Å². The number of carbonyl (C=O) groups excluding carboxylic acids is 1. The number of hydrogen-bond donors (Lipinski definition) is 0. The van der Waals surface area contributed by atoms with Crippen molar-refractivity contribution in [1.29, 1.82) is 0 Å². The maximum absolute atomic E-state index is 13.3. The van der Waals surface area contributed by atoms with Gasteiger partial charge in [-0.3, -0.25) is 14.2 Å². The maximum Gasteiger partial charge on any atom is 0.336 e. The molecular weight excluding hydrogens is 422 g/mol. The largest absolute Gasteiger partial charge is 0.336 e. The fourth-order valence-electron chi connectivity index (χ4n) is 3.88. The van der Waals surface area contributed by atoms with Gasteiger partial charge in [-0.2, -0.15) is 0 Å². The number of rotatable bonds is 3. The Bertz CT molecular complexity index is 1400. The van der Waals surface area contributed by atoms with Gasteiger partial charge in [0.05, 0.1) is 11.2 Å². The molecule has 0 fully saturated rings. The SMILES string of the molecule is O=C(Cn1c(=O)n(-c2ccc(Cl)cc2)c(=O)c2sccc21)N1CCc2ccccc21. The zero-order valence-corrected chi connectivity index (χ0v) is 17.3. The van der Waals surface area contributed by atoms with Crippen molar-refractivity contribution in [1.82, 2.24) is 9.13 Å². The topological polar surface area (TPSA) is 64.3 Å². The van der Waals surface area contributed by atoms with Crippen molar-refractivity contribution in [2.24, 2.45) is 0 Å². The predicted octanol–water partition coefficient (Wildman–Crippen LogP) is 3.46. The highest BCUT2D eigenvalue weighted by atomic mass is 35.5. The first-order valence-corrected chi connectivity index (χ1v) is 10.7. The van der Waals surface area contributed by atoms with Gasteiger partial charge in [0.15, 0.2) is 0 Å². The number of halogens is 1. The average molecular weight is 438 g/mol. The van der Waals surface area contributed by atoms with Crippen LogP contribution in [0.3, 0.4) is 0 Å². The molecule has 30 heavy (non-hydrogen) atoms. The molecule has 0 bridgehead atoms. The molecule has 4 aromatic rings. The second kappa shape index (κ2) is 7.27. The molecule has 0 spiro atoms. The molecule has 0 saturated heterocycles. The van der Waals surface area contributed by atoms with E-state index < -0.39 is 11.2 Å². The first-order valence-electron chi connectivity index (χ1n) is 9.42. The second-order valence-corrected chi connectivity index (χ2v) is 8.40. The molecule has 1 amide bonds. The second-order valence-electron chi connectivity index (χ2n) is 7.04. The molecule has 0 N–H and O–H groups in total. The number of para-hydroxylation sites is 1. The lowest BCUT2D eigenvalue weighted by Crippen LogP contribution is -2.42. The fraction of sp³-hybridized carbons (Fsp3) is 0.136. The lowest BCUT2D eigenvalue weighted by Gasteiger charge is -2.19. The lowest BCUT2D eigenvalue weighted by molar-refractivity contribution is -0.119. The van der Waals surface area contributed by atoms with Gasteiger partial charge in [-0.25, -0.2) is 9.36 Å². The van der Waals surface area contributed by atoms with Crippen molar-refractivity contribution in [3.63, 3.8) is 0 Å². The number of hydrogen-bond acceptors (Lipinski definition) is 4. The predicted molar refractivity (Wildman–Crippen MR) is 119 cm³/mol. The summed E-state index contributed by atoms with van der Waals surface area (Å²) in [5.74, 6) is -0.184. The molecule has 150 valence electrons. The van der Waals surface area contributed by atoms with Gasteiger partial charge in [0.1, 0.15) is 11.2 Å². The van der Waals surface area contributed by atoms with Crippen LogP contribution in [0, 0.1) is 0 Å². The monoisotopic (exact) mass is 437 g/mol. The van der Waals surface area contributed by atoms with E-state index in [1.54, 1.807) is 40.6 Å². The normalized spacial score (nSPS) is 13.0. The Morgan fingerprint density at radius 3 is 2.60 bits per heavy atom. The van der Waals surface area contributed by atoms with E-state index in [-0.39, 0.29) is 12.5 Å². The van der Waals surface area contributed by atoms with E-state index in [0.717, 1.165) is 22.2 Å². The third-order valence-electron chi connectivity index (χ3n) is 5.32. The van der Waals surface area contributed by atoms with Crippen LogP contribution in [0.25, 0.3) is 15.9 Å². The van der Waals surface area contributed by atoms with E-state index in [2.05, 4.69) is 0 Å². The van der Waals surface area contributed by atoms with Gasteiger partial charge in [-0.05, 0) is 53.8 Å². The minimum absolute atomic E-state index is 0.145. The minimum Gasteiger partial charge on any atom is -0.310 e. The van der Waals surface area contributed by atoms with Crippen molar-refractivity contribution >= 4 is 44.7 Å². The Morgan fingerprint density at radius 1 is 1.03 bits per heavy atom. The summed E-state index contributed by atoms with van der Waals surface area (Å²) in [5, 5.41) is 2.26. The quantitative estimate of drug-likeness (QED) is 0.493. The number of aromatic nitrogens is 2. The van der Waals surface area contributed by atoms with Crippen LogP contribution in [0.1, 0.15) is 5.56 Å². The van der Waals surface area contributed by atoms with Crippen molar-refractivity contribution in [2.45, 2.75) is 13.0 Å². The molecular formula is C22H16ClN3O3S. The Hall–Kier alpha value is -3.16. The minimum atomic E-state index is -0.547. The summed E-state index contributed by atoms with van der Waals surface area (Å²) in [4.78, 5) is 41.1. The van der Waals surface area contributed by atoms with Gasteiger partial charge in [-0.1, -0.05) is 29.8 Å². The number of amides is 1. The van der Waals surface area contributed by atoms with Crippen LogP contribution in [0.4, 0.5) is 5.69 Å². The standard InChI is InChI=1S/C22H16ClN3O3S/c23-15-5-7-16(8-6-15)26-21(28)20-18(10-12-30-20)25(22(26)29)13-19(27)24-11-9-14-3-1-2-4-17(14)24/h1-8,10,12H,9,11,13H2. The van der Waals surface area contributed by atoms with E-state index in [1.807, 2.05) is 24.3 Å². The summed E-state index contributed by atoms with van der Waals surface area (Å²) < 4.78 is 2.91. The molecule has 0 saturated carbocycles. The van der Waals surface area contributed by atoms with Crippen LogP contribution in [0.5, 0.6) is 0 Å². The Morgan fingerprint density at radius 2 is 1.80 bits per heavy atom. The third-order valence-corrected chi connectivity index (χ3v) is 6.46. The van der Waals surface area contributed by atoms with Crippen molar-refractivity contribution in [2.75, 3.05) is 11.4 Å². The van der Waals surface area contributed by atoms with Gasteiger partial charge in [-0.15, -0.1) is 11.3 Å². The number of carbonyl (C=O) groups is 1. The lowest BCUT2D eigenvalue weighted by atomic mass is 10.2. The summed E-state index contributed by atoms with van der Waals surface area (Å²) >= 11 is 7.20. The van der Waals surface area contributed by atoms with Gasteiger partial charge < -0.3 is 4.90 Å². The van der Waals surface area contributed by atoms with Crippen LogP contribution >= 0.6 is 22.9 Å². The molecule has 1 aliphatic rings.